The van der Waals surface area contributed by atoms with Gasteiger partial charge < -0.3 is 10.7 Å². The Morgan fingerprint density at radius 1 is 1.42 bits per heavy atom. The SMILES string of the molecule is C#Cc1[nH]cc(C(=C)CCC2(CCC)CCCC2)c1/C(C)=C\CN. The molecule has 2 heteroatoms. The molecule has 0 radical (unpaired) electrons. The number of H-pyrrole nitrogens is 1. The van der Waals surface area contributed by atoms with E-state index in [4.69, 9.17) is 12.2 Å². The smallest absolute Gasteiger partial charge is 0.0973 e. The summed E-state index contributed by atoms with van der Waals surface area (Å²) in [6, 6.07) is 0. The number of hydrogen-bond acceptors (Lipinski definition) is 1. The average molecular weight is 325 g/mol. The lowest BCUT2D eigenvalue weighted by molar-refractivity contribution is 0.249. The van der Waals surface area contributed by atoms with Crippen LogP contribution in [-0.2, 0) is 0 Å². The van der Waals surface area contributed by atoms with E-state index in [1.54, 1.807) is 0 Å². The van der Waals surface area contributed by atoms with E-state index in [-0.39, 0.29) is 0 Å². The molecule has 0 unspecified atom stereocenters. The predicted octanol–water partition coefficient (Wildman–Crippen LogP) is 5.51. The number of aromatic amines is 1. The Kier molecular flexibility index (Phi) is 6.52. The quantitative estimate of drug-likeness (QED) is 0.608. The Labute approximate surface area is 147 Å². The van der Waals surface area contributed by atoms with E-state index in [0.29, 0.717) is 12.0 Å². The van der Waals surface area contributed by atoms with E-state index in [2.05, 4.69) is 31.3 Å². The molecule has 0 amide bonds. The largest absolute Gasteiger partial charge is 0.354 e. The van der Waals surface area contributed by atoms with Crippen molar-refractivity contribution in [3.63, 3.8) is 0 Å². The highest BCUT2D eigenvalue weighted by atomic mass is 14.7. The first kappa shape index (κ1) is 18.6. The maximum atomic E-state index is 5.68. The van der Waals surface area contributed by atoms with Gasteiger partial charge in [0.05, 0.1) is 5.69 Å². The van der Waals surface area contributed by atoms with Crippen LogP contribution in [0.1, 0.15) is 82.0 Å². The molecule has 1 saturated carbocycles. The number of terminal acetylenes is 1. The summed E-state index contributed by atoms with van der Waals surface area (Å²) in [6.45, 7) is 9.28. The normalized spacial score (nSPS) is 17.0. The van der Waals surface area contributed by atoms with Gasteiger partial charge in [-0.1, -0.05) is 44.8 Å². The first-order chi connectivity index (χ1) is 11.6. The van der Waals surface area contributed by atoms with Gasteiger partial charge in [0.1, 0.15) is 0 Å². The maximum Gasteiger partial charge on any atom is 0.0973 e. The number of nitrogens with one attached hydrogen (secondary N) is 1. The third-order valence-electron chi connectivity index (χ3n) is 5.63. The lowest BCUT2D eigenvalue weighted by Gasteiger charge is -2.29. The van der Waals surface area contributed by atoms with Gasteiger partial charge in [0.15, 0.2) is 0 Å². The molecular formula is C22H32N2. The van der Waals surface area contributed by atoms with Gasteiger partial charge in [-0.25, -0.2) is 0 Å². The topological polar surface area (TPSA) is 41.8 Å². The molecule has 1 aliphatic rings. The minimum Gasteiger partial charge on any atom is -0.354 e. The van der Waals surface area contributed by atoms with Crippen LogP contribution in [0.3, 0.4) is 0 Å². The number of aromatic nitrogens is 1. The molecule has 1 aromatic rings. The molecule has 0 aliphatic heterocycles. The molecular weight excluding hydrogens is 292 g/mol. The molecule has 130 valence electrons. The molecule has 0 bridgehead atoms. The van der Waals surface area contributed by atoms with Gasteiger partial charge in [-0.2, -0.15) is 0 Å². The zero-order valence-corrected chi connectivity index (χ0v) is 15.4. The maximum absolute atomic E-state index is 5.68. The van der Waals surface area contributed by atoms with Crippen LogP contribution < -0.4 is 5.73 Å². The minimum atomic E-state index is 0.520. The van der Waals surface area contributed by atoms with Crippen LogP contribution in [0.2, 0.25) is 0 Å². The second-order valence-corrected chi connectivity index (χ2v) is 7.28. The molecule has 1 heterocycles. The Balaban J connectivity index is 2.17. The fourth-order valence-corrected chi connectivity index (χ4v) is 4.34. The van der Waals surface area contributed by atoms with E-state index >= 15 is 0 Å². The minimum absolute atomic E-state index is 0.520. The second kappa shape index (κ2) is 8.40. The van der Waals surface area contributed by atoms with E-state index < -0.39 is 0 Å². The summed E-state index contributed by atoms with van der Waals surface area (Å²) in [6.07, 6.45) is 20.2. The van der Waals surface area contributed by atoms with E-state index in [9.17, 15) is 0 Å². The van der Waals surface area contributed by atoms with Gasteiger partial charge >= 0.3 is 0 Å². The van der Waals surface area contributed by atoms with Crippen molar-refractivity contribution in [3.05, 3.63) is 35.7 Å². The van der Waals surface area contributed by atoms with Crippen LogP contribution in [0.25, 0.3) is 11.1 Å². The number of rotatable bonds is 8. The predicted molar refractivity (Wildman–Crippen MR) is 106 cm³/mol. The van der Waals surface area contributed by atoms with Crippen LogP contribution in [-0.4, -0.2) is 11.5 Å². The molecule has 3 N–H and O–H groups in total. The first-order valence-corrected chi connectivity index (χ1v) is 9.30. The van der Waals surface area contributed by atoms with Gasteiger partial charge in [0, 0.05) is 23.9 Å². The highest BCUT2D eigenvalue weighted by molar-refractivity contribution is 5.81. The summed E-state index contributed by atoms with van der Waals surface area (Å²) in [5.41, 5.74) is 11.6. The average Bonchev–Trinajstić information content (AvgIpc) is 3.20. The van der Waals surface area contributed by atoms with Crippen LogP contribution in [0.5, 0.6) is 0 Å². The van der Waals surface area contributed by atoms with Gasteiger partial charge in [-0.15, -0.1) is 6.42 Å². The Morgan fingerprint density at radius 3 is 2.71 bits per heavy atom. The number of nitrogens with two attached hydrogens (primary N) is 1. The van der Waals surface area contributed by atoms with Crippen molar-refractivity contribution >= 4 is 11.1 Å². The summed E-state index contributed by atoms with van der Waals surface area (Å²) in [5.74, 6) is 2.76. The summed E-state index contributed by atoms with van der Waals surface area (Å²) in [7, 11) is 0. The molecule has 0 aromatic carbocycles. The third-order valence-corrected chi connectivity index (χ3v) is 5.63. The molecule has 2 nitrogen and oxygen atoms in total. The Bertz CT molecular complexity index is 633. The first-order valence-electron chi connectivity index (χ1n) is 9.30. The van der Waals surface area contributed by atoms with E-state index in [1.807, 2.05) is 12.3 Å². The zero-order chi connectivity index (χ0) is 17.6. The molecule has 1 aliphatic carbocycles. The van der Waals surface area contributed by atoms with E-state index in [1.165, 1.54) is 50.5 Å². The molecule has 1 aromatic heterocycles. The summed E-state index contributed by atoms with van der Waals surface area (Å²) >= 11 is 0. The fraction of sp³-hybridized carbons (Fsp3) is 0.545. The van der Waals surface area contributed by atoms with Gasteiger partial charge in [0.25, 0.3) is 0 Å². The fourth-order valence-electron chi connectivity index (χ4n) is 4.34. The van der Waals surface area contributed by atoms with Crippen molar-refractivity contribution in [2.75, 3.05) is 6.54 Å². The zero-order valence-electron chi connectivity index (χ0n) is 15.4. The molecule has 1 fully saturated rings. The van der Waals surface area contributed by atoms with Crippen molar-refractivity contribution in [2.24, 2.45) is 11.1 Å². The van der Waals surface area contributed by atoms with Crippen molar-refractivity contribution in [1.29, 1.82) is 0 Å². The van der Waals surface area contributed by atoms with Gasteiger partial charge in [-0.3, -0.25) is 0 Å². The Hall–Kier alpha value is -1.72. The molecule has 0 atom stereocenters. The highest BCUT2D eigenvalue weighted by Gasteiger charge is 2.32. The lowest BCUT2D eigenvalue weighted by Crippen LogP contribution is -2.16. The highest BCUT2D eigenvalue weighted by Crippen LogP contribution is 2.47. The van der Waals surface area contributed by atoms with Crippen LogP contribution >= 0.6 is 0 Å². The van der Waals surface area contributed by atoms with Crippen LogP contribution in [0.15, 0.2) is 18.9 Å². The molecule has 24 heavy (non-hydrogen) atoms. The number of hydrogen-bond donors (Lipinski definition) is 2. The third kappa shape index (κ3) is 4.02. The summed E-state index contributed by atoms with van der Waals surface area (Å²) in [4.78, 5) is 3.23. The second-order valence-electron chi connectivity index (χ2n) is 7.28. The summed E-state index contributed by atoms with van der Waals surface area (Å²) in [5, 5.41) is 0. The monoisotopic (exact) mass is 324 g/mol. The standard InChI is InChI=1S/C22H32N2/c1-5-11-22(12-7-8-13-22)14-9-17(3)19-16-24-20(6-2)21(19)18(4)10-15-23/h2,10,16,24H,3,5,7-9,11-15,23H2,1,4H3/b18-10-. The van der Waals surface area contributed by atoms with Crippen molar-refractivity contribution < 1.29 is 0 Å². The number of allylic oxidation sites excluding steroid dienone is 2. The molecule has 0 spiro atoms. The lowest BCUT2D eigenvalue weighted by atomic mass is 9.76. The van der Waals surface area contributed by atoms with E-state index in [0.717, 1.165) is 28.8 Å². The van der Waals surface area contributed by atoms with Crippen molar-refractivity contribution in [1.82, 2.24) is 4.98 Å². The summed E-state index contributed by atoms with van der Waals surface area (Å²) < 4.78 is 0. The van der Waals surface area contributed by atoms with Crippen molar-refractivity contribution in [2.45, 2.75) is 65.2 Å². The van der Waals surface area contributed by atoms with Crippen LogP contribution in [0.4, 0.5) is 0 Å². The van der Waals surface area contributed by atoms with Crippen molar-refractivity contribution in [3.8, 4) is 12.3 Å². The van der Waals surface area contributed by atoms with Gasteiger partial charge in [0.2, 0.25) is 0 Å². The molecule has 2 rings (SSSR count). The van der Waals surface area contributed by atoms with Gasteiger partial charge in [-0.05, 0) is 55.6 Å². The Morgan fingerprint density at radius 2 is 2.12 bits per heavy atom. The molecule has 0 saturated heterocycles. The van der Waals surface area contributed by atoms with Crippen LogP contribution in [0, 0.1) is 17.8 Å².